The van der Waals surface area contributed by atoms with E-state index in [0.29, 0.717) is 29.5 Å². The smallest absolute Gasteiger partial charge is 0.261 e. The van der Waals surface area contributed by atoms with Gasteiger partial charge >= 0.3 is 0 Å². The van der Waals surface area contributed by atoms with Crippen molar-refractivity contribution in [1.29, 1.82) is 0 Å². The molecule has 0 unspecified atom stereocenters. The molecule has 4 N–H and O–H groups in total. The van der Waals surface area contributed by atoms with Crippen LogP contribution in [0.1, 0.15) is 20.8 Å². The Hall–Kier alpha value is -3.03. The van der Waals surface area contributed by atoms with Crippen LogP contribution in [-0.2, 0) is 19.6 Å². The van der Waals surface area contributed by atoms with Gasteiger partial charge in [-0.2, -0.15) is 4.98 Å². The summed E-state index contributed by atoms with van der Waals surface area (Å²) in [5, 5.41) is 11.2. The van der Waals surface area contributed by atoms with Crippen molar-refractivity contribution in [3.05, 3.63) is 24.4 Å². The molecule has 0 saturated carbocycles. The number of benzene rings is 1. The number of fused-ring (bicyclic) bond motifs is 1. The lowest BCUT2D eigenvalue weighted by atomic mass is 10.2. The predicted octanol–water partition coefficient (Wildman–Crippen LogP) is 1.79. The molecule has 1 amide bonds. The van der Waals surface area contributed by atoms with Gasteiger partial charge in [-0.15, -0.1) is 0 Å². The molecule has 0 radical (unpaired) electrons. The molecule has 1 aromatic carbocycles. The zero-order chi connectivity index (χ0) is 23.6. The first kappa shape index (κ1) is 23.6. The molecule has 11 nitrogen and oxygen atoms in total. The van der Waals surface area contributed by atoms with Gasteiger partial charge in [0.2, 0.25) is 21.9 Å². The van der Waals surface area contributed by atoms with E-state index in [4.69, 9.17) is 22.1 Å². The van der Waals surface area contributed by atoms with Crippen LogP contribution in [0.5, 0.6) is 0 Å². The van der Waals surface area contributed by atoms with E-state index < -0.39 is 10.0 Å². The molecule has 0 aliphatic carbocycles. The van der Waals surface area contributed by atoms with Crippen LogP contribution in [0.3, 0.4) is 0 Å². The van der Waals surface area contributed by atoms with Crippen molar-refractivity contribution in [1.82, 2.24) is 9.97 Å². The van der Waals surface area contributed by atoms with E-state index in [0.717, 1.165) is 0 Å². The van der Waals surface area contributed by atoms with Crippen molar-refractivity contribution in [3.8, 4) is 0 Å². The molecule has 0 fully saturated rings. The van der Waals surface area contributed by atoms with Crippen molar-refractivity contribution in [2.45, 2.75) is 31.7 Å². The van der Waals surface area contributed by atoms with E-state index in [9.17, 15) is 13.2 Å². The number of nitrogens with one attached hydrogen (secondary N) is 2. The van der Waals surface area contributed by atoms with E-state index in [1.807, 2.05) is 18.7 Å². The van der Waals surface area contributed by atoms with E-state index in [-0.39, 0.29) is 34.5 Å². The summed E-state index contributed by atoms with van der Waals surface area (Å²) in [5.41, 5.74) is 1.32. The molecule has 32 heavy (non-hydrogen) atoms. The number of hydrogen-bond acceptors (Lipinski definition) is 9. The molecule has 0 spiro atoms. The number of thiocarbonyl (C=S) groups is 1. The number of nitrogens with two attached hydrogens (primary N) is 1. The van der Waals surface area contributed by atoms with Gasteiger partial charge in [0.1, 0.15) is 5.69 Å². The maximum absolute atomic E-state index is 12.3. The topological polar surface area (TPSA) is 143 Å². The number of rotatable bonds is 6. The molecule has 0 bridgehead atoms. The lowest BCUT2D eigenvalue weighted by molar-refractivity contribution is -0.117. The van der Waals surface area contributed by atoms with Crippen molar-refractivity contribution < 1.29 is 17.9 Å². The zero-order valence-electron chi connectivity index (χ0n) is 18.1. The highest BCUT2D eigenvalue weighted by Gasteiger charge is 2.30. The predicted molar refractivity (Wildman–Crippen MR) is 127 cm³/mol. The highest BCUT2D eigenvalue weighted by molar-refractivity contribution is 7.89. The number of aromatic nitrogens is 2. The Labute approximate surface area is 192 Å². The number of primary sulfonamides is 1. The Balaban J connectivity index is 1.98. The molecule has 2 heterocycles. The van der Waals surface area contributed by atoms with Crippen LogP contribution in [0.15, 0.2) is 29.3 Å². The van der Waals surface area contributed by atoms with Crippen molar-refractivity contribution >= 4 is 62.2 Å². The SMILES string of the molecule is CCOC(=S)Nc1cc(Nc2ncc3c(n2)N(C(C)C)CC(=O)N3C)cc(S(N)(=O)=O)c1. The minimum atomic E-state index is -3.99. The normalized spacial score (nSPS) is 13.8. The number of sulfonamides is 1. The molecule has 1 aliphatic heterocycles. The van der Waals surface area contributed by atoms with Crippen LogP contribution in [-0.4, -0.2) is 55.7 Å². The monoisotopic (exact) mass is 479 g/mol. The third-order valence-electron chi connectivity index (χ3n) is 4.70. The second kappa shape index (κ2) is 9.22. The summed E-state index contributed by atoms with van der Waals surface area (Å²) in [4.78, 5) is 24.4. The first-order valence-electron chi connectivity index (χ1n) is 9.78. The van der Waals surface area contributed by atoms with E-state index in [2.05, 4.69) is 20.6 Å². The standard InChI is InChI=1S/C19H25N7O4S2/c1-5-30-19(31)23-13-6-12(7-14(8-13)32(20,28)29)22-18-21-9-15-17(24-18)26(11(2)3)10-16(27)25(15)4/h6-9,11H,5,10H2,1-4H3,(H,23,31)(H2,20,28,29)(H,21,22,24). The van der Waals surface area contributed by atoms with Crippen LogP contribution >= 0.6 is 12.2 Å². The number of nitrogens with zero attached hydrogens (tertiary/aromatic N) is 4. The highest BCUT2D eigenvalue weighted by atomic mass is 32.2. The third-order valence-corrected chi connectivity index (χ3v) is 5.81. The maximum Gasteiger partial charge on any atom is 0.261 e. The van der Waals surface area contributed by atoms with E-state index in [1.54, 1.807) is 26.2 Å². The Kier molecular flexibility index (Phi) is 6.81. The van der Waals surface area contributed by atoms with Crippen LogP contribution in [0.2, 0.25) is 0 Å². The lowest BCUT2D eigenvalue weighted by Gasteiger charge is -2.36. The summed E-state index contributed by atoms with van der Waals surface area (Å²) in [5.74, 6) is 0.762. The van der Waals surface area contributed by atoms with Crippen molar-refractivity contribution in [2.75, 3.05) is 40.6 Å². The molecule has 0 atom stereocenters. The van der Waals surface area contributed by atoms with Gasteiger partial charge < -0.3 is 25.2 Å². The van der Waals surface area contributed by atoms with Gasteiger partial charge in [0, 0.05) is 24.5 Å². The van der Waals surface area contributed by atoms with Crippen LogP contribution in [0.25, 0.3) is 0 Å². The third kappa shape index (κ3) is 5.23. The van der Waals surface area contributed by atoms with E-state index >= 15 is 0 Å². The second-order valence-electron chi connectivity index (χ2n) is 7.34. The fourth-order valence-electron chi connectivity index (χ4n) is 3.08. The molecule has 1 aliphatic rings. The average Bonchev–Trinajstić information content (AvgIpc) is 2.69. The number of hydrogen-bond donors (Lipinski definition) is 3. The molecule has 2 aromatic rings. The van der Waals surface area contributed by atoms with Gasteiger partial charge in [-0.05, 0) is 51.2 Å². The van der Waals surface area contributed by atoms with E-state index in [1.165, 1.54) is 17.0 Å². The summed E-state index contributed by atoms with van der Waals surface area (Å²) in [6.45, 7) is 6.26. The molecule has 13 heteroatoms. The summed E-state index contributed by atoms with van der Waals surface area (Å²) in [6.07, 6.45) is 1.55. The first-order valence-corrected chi connectivity index (χ1v) is 11.7. The Morgan fingerprint density at radius 2 is 2.00 bits per heavy atom. The lowest BCUT2D eigenvalue weighted by Crippen LogP contribution is -2.47. The summed E-state index contributed by atoms with van der Waals surface area (Å²) >= 11 is 5.07. The number of anilines is 5. The van der Waals surface area contributed by atoms with Crippen molar-refractivity contribution in [3.63, 3.8) is 0 Å². The molecular formula is C19H25N7O4S2. The zero-order valence-corrected chi connectivity index (χ0v) is 19.7. The van der Waals surface area contributed by atoms with Crippen LogP contribution < -0.4 is 25.6 Å². The second-order valence-corrected chi connectivity index (χ2v) is 9.27. The number of ether oxygens (including phenoxy) is 1. The van der Waals surface area contributed by atoms with Crippen LogP contribution in [0, 0.1) is 0 Å². The Morgan fingerprint density at radius 1 is 1.31 bits per heavy atom. The summed E-state index contributed by atoms with van der Waals surface area (Å²) in [7, 11) is -2.32. The fraction of sp³-hybridized carbons (Fsp3) is 0.368. The van der Waals surface area contributed by atoms with Crippen molar-refractivity contribution in [2.24, 2.45) is 5.14 Å². The van der Waals surface area contributed by atoms with Gasteiger partial charge in [0.15, 0.2) is 5.82 Å². The maximum atomic E-state index is 12.3. The van der Waals surface area contributed by atoms with Gasteiger partial charge in [0.05, 0.1) is 24.2 Å². The summed E-state index contributed by atoms with van der Waals surface area (Å²) < 4.78 is 29.1. The molecule has 1 aromatic heterocycles. The van der Waals surface area contributed by atoms with Gasteiger partial charge in [-0.25, -0.2) is 18.5 Å². The minimum absolute atomic E-state index is 0.0373. The molecule has 3 rings (SSSR count). The van der Waals surface area contributed by atoms with Crippen LogP contribution in [0.4, 0.5) is 28.8 Å². The number of likely N-dealkylation sites (N-methyl/N-ethyl adjacent to an activating group) is 1. The summed E-state index contributed by atoms with van der Waals surface area (Å²) in [6, 6.07) is 4.37. The van der Waals surface area contributed by atoms with Gasteiger partial charge in [0.25, 0.3) is 5.17 Å². The quantitative estimate of drug-likeness (QED) is 0.525. The molecule has 172 valence electrons. The minimum Gasteiger partial charge on any atom is -0.471 e. The average molecular weight is 480 g/mol. The Bertz CT molecular complexity index is 1150. The fourth-order valence-corrected chi connectivity index (χ4v) is 3.90. The van der Waals surface area contributed by atoms with Gasteiger partial charge in [-0.1, -0.05) is 0 Å². The first-order chi connectivity index (χ1) is 15.0. The van der Waals surface area contributed by atoms with Gasteiger partial charge in [-0.3, -0.25) is 4.79 Å². The molecule has 0 saturated heterocycles. The largest absolute Gasteiger partial charge is 0.471 e. The number of carbonyl (C=O) groups is 1. The highest BCUT2D eigenvalue weighted by Crippen LogP contribution is 2.33. The Morgan fingerprint density at radius 3 is 2.62 bits per heavy atom. The molecular weight excluding hydrogens is 454 g/mol. The number of carbonyl (C=O) groups excluding carboxylic acids is 1. The number of amides is 1.